The molecule has 1 aromatic rings. The van der Waals surface area contributed by atoms with Crippen LogP contribution in [0.2, 0.25) is 0 Å². The molecule has 2 unspecified atom stereocenters. The predicted octanol–water partition coefficient (Wildman–Crippen LogP) is 0.725. The Hall–Kier alpha value is -1.36. The molecule has 5 nitrogen and oxygen atoms in total. The minimum Gasteiger partial charge on any atom is -0.479 e. The topological polar surface area (TPSA) is 64.4 Å². The van der Waals surface area contributed by atoms with Gasteiger partial charge in [-0.1, -0.05) is 0 Å². The molecule has 0 radical (unpaired) electrons. The first kappa shape index (κ1) is 9.21. The maximum absolute atomic E-state index is 10.6. The SMILES string of the molecule is Cn1cnc(C2CCC(C(=O)O)O2)c1. The summed E-state index contributed by atoms with van der Waals surface area (Å²) in [5.41, 5.74) is 0.816. The van der Waals surface area contributed by atoms with Gasteiger partial charge in [-0.05, 0) is 12.8 Å². The monoisotopic (exact) mass is 196 g/mol. The van der Waals surface area contributed by atoms with Crippen molar-refractivity contribution in [3.05, 3.63) is 18.2 Å². The molecule has 1 fully saturated rings. The third-order valence-electron chi connectivity index (χ3n) is 2.35. The molecular weight excluding hydrogens is 184 g/mol. The third-order valence-corrected chi connectivity index (χ3v) is 2.35. The number of carboxylic acids is 1. The normalized spacial score (nSPS) is 26.6. The van der Waals surface area contributed by atoms with Gasteiger partial charge in [0.25, 0.3) is 0 Å². The van der Waals surface area contributed by atoms with E-state index in [-0.39, 0.29) is 6.10 Å². The molecule has 76 valence electrons. The summed E-state index contributed by atoms with van der Waals surface area (Å²) in [6.07, 6.45) is 4.02. The summed E-state index contributed by atoms with van der Waals surface area (Å²) in [6.45, 7) is 0. The molecule has 0 aliphatic carbocycles. The van der Waals surface area contributed by atoms with Gasteiger partial charge in [-0.3, -0.25) is 0 Å². The number of hydrogen-bond donors (Lipinski definition) is 1. The number of carbonyl (C=O) groups is 1. The first-order valence-electron chi connectivity index (χ1n) is 4.53. The number of aryl methyl sites for hydroxylation is 1. The summed E-state index contributed by atoms with van der Waals surface area (Å²) >= 11 is 0. The van der Waals surface area contributed by atoms with Gasteiger partial charge in [0, 0.05) is 13.2 Å². The van der Waals surface area contributed by atoms with Crippen molar-refractivity contribution in [2.45, 2.75) is 25.0 Å². The highest BCUT2D eigenvalue weighted by molar-refractivity contribution is 5.72. The molecule has 1 saturated heterocycles. The number of imidazole rings is 1. The molecule has 2 atom stereocenters. The first-order valence-corrected chi connectivity index (χ1v) is 4.53. The summed E-state index contributed by atoms with van der Waals surface area (Å²) in [5.74, 6) is -0.886. The van der Waals surface area contributed by atoms with E-state index in [9.17, 15) is 4.79 Å². The van der Waals surface area contributed by atoms with E-state index in [2.05, 4.69) is 4.98 Å². The number of ether oxygens (including phenoxy) is 1. The van der Waals surface area contributed by atoms with Crippen LogP contribution >= 0.6 is 0 Å². The summed E-state index contributed by atoms with van der Waals surface area (Å²) in [5, 5.41) is 8.73. The maximum Gasteiger partial charge on any atom is 0.332 e. The van der Waals surface area contributed by atoms with Crippen LogP contribution in [-0.2, 0) is 16.6 Å². The minimum absolute atomic E-state index is 0.155. The number of hydrogen-bond acceptors (Lipinski definition) is 3. The van der Waals surface area contributed by atoms with E-state index in [1.54, 1.807) is 6.33 Å². The van der Waals surface area contributed by atoms with Crippen LogP contribution in [0.4, 0.5) is 0 Å². The summed E-state index contributed by atoms with van der Waals surface area (Å²) in [4.78, 5) is 14.8. The minimum atomic E-state index is -0.886. The lowest BCUT2D eigenvalue weighted by Gasteiger charge is -2.07. The lowest BCUT2D eigenvalue weighted by Crippen LogP contribution is -2.18. The van der Waals surface area contributed by atoms with Gasteiger partial charge >= 0.3 is 5.97 Å². The van der Waals surface area contributed by atoms with Crippen molar-refractivity contribution < 1.29 is 14.6 Å². The summed E-state index contributed by atoms with van der Waals surface area (Å²) in [6, 6.07) is 0. The Morgan fingerprint density at radius 1 is 1.71 bits per heavy atom. The van der Waals surface area contributed by atoms with Crippen LogP contribution in [0, 0.1) is 0 Å². The average Bonchev–Trinajstić information content (AvgIpc) is 2.70. The molecule has 0 aromatic carbocycles. The Kier molecular flexibility index (Phi) is 2.25. The summed E-state index contributed by atoms with van der Waals surface area (Å²) < 4.78 is 7.17. The van der Waals surface area contributed by atoms with Crippen molar-refractivity contribution in [3.8, 4) is 0 Å². The molecule has 2 heterocycles. The standard InChI is InChI=1S/C9H12N2O3/c1-11-4-6(10-5-11)7-2-3-8(14-7)9(12)13/h4-5,7-8H,2-3H2,1H3,(H,12,13). The van der Waals surface area contributed by atoms with E-state index in [4.69, 9.17) is 9.84 Å². The second-order valence-electron chi connectivity index (χ2n) is 3.49. The van der Waals surface area contributed by atoms with Crippen LogP contribution in [0.25, 0.3) is 0 Å². The van der Waals surface area contributed by atoms with Gasteiger partial charge in [-0.25, -0.2) is 9.78 Å². The molecule has 0 amide bonds. The van der Waals surface area contributed by atoms with Crippen LogP contribution in [0.1, 0.15) is 24.6 Å². The van der Waals surface area contributed by atoms with Crippen LogP contribution < -0.4 is 0 Å². The number of aromatic nitrogens is 2. The highest BCUT2D eigenvalue weighted by Crippen LogP contribution is 2.31. The van der Waals surface area contributed by atoms with Crippen LogP contribution in [0.15, 0.2) is 12.5 Å². The van der Waals surface area contributed by atoms with E-state index in [0.29, 0.717) is 6.42 Å². The molecule has 5 heteroatoms. The van der Waals surface area contributed by atoms with Gasteiger partial charge < -0.3 is 14.4 Å². The molecule has 0 saturated carbocycles. The Morgan fingerprint density at radius 3 is 3.00 bits per heavy atom. The fourth-order valence-electron chi connectivity index (χ4n) is 1.64. The van der Waals surface area contributed by atoms with E-state index in [0.717, 1.165) is 12.1 Å². The molecular formula is C9H12N2O3. The zero-order valence-electron chi connectivity index (χ0n) is 7.88. The average molecular weight is 196 g/mol. The van der Waals surface area contributed by atoms with Crippen LogP contribution in [-0.4, -0.2) is 26.7 Å². The number of aliphatic carboxylic acids is 1. The second kappa shape index (κ2) is 3.42. The van der Waals surface area contributed by atoms with Crippen molar-refractivity contribution in [1.82, 2.24) is 9.55 Å². The Morgan fingerprint density at radius 2 is 2.50 bits per heavy atom. The fourth-order valence-corrected chi connectivity index (χ4v) is 1.64. The molecule has 14 heavy (non-hydrogen) atoms. The second-order valence-corrected chi connectivity index (χ2v) is 3.49. The number of rotatable bonds is 2. The number of nitrogens with zero attached hydrogens (tertiary/aromatic N) is 2. The van der Waals surface area contributed by atoms with E-state index >= 15 is 0 Å². The number of carboxylic acid groups (broad SMARTS) is 1. The van der Waals surface area contributed by atoms with Crippen molar-refractivity contribution in [3.63, 3.8) is 0 Å². The zero-order chi connectivity index (χ0) is 10.1. The predicted molar refractivity (Wildman–Crippen MR) is 47.7 cm³/mol. The lowest BCUT2D eigenvalue weighted by atomic mass is 10.1. The van der Waals surface area contributed by atoms with Crippen molar-refractivity contribution in [2.24, 2.45) is 7.05 Å². The van der Waals surface area contributed by atoms with Gasteiger partial charge in [-0.15, -0.1) is 0 Å². The molecule has 0 bridgehead atoms. The zero-order valence-corrected chi connectivity index (χ0v) is 7.88. The highest BCUT2D eigenvalue weighted by atomic mass is 16.5. The van der Waals surface area contributed by atoms with Crippen molar-refractivity contribution in [1.29, 1.82) is 0 Å². The molecule has 2 rings (SSSR count). The van der Waals surface area contributed by atoms with Crippen molar-refractivity contribution in [2.75, 3.05) is 0 Å². The van der Waals surface area contributed by atoms with Crippen LogP contribution in [0.3, 0.4) is 0 Å². The van der Waals surface area contributed by atoms with Gasteiger partial charge in [0.15, 0.2) is 6.10 Å². The largest absolute Gasteiger partial charge is 0.479 e. The Labute approximate surface area is 81.3 Å². The van der Waals surface area contributed by atoms with Gasteiger partial charge in [0.2, 0.25) is 0 Å². The summed E-state index contributed by atoms with van der Waals surface area (Å²) in [7, 11) is 1.88. The third kappa shape index (κ3) is 1.63. The van der Waals surface area contributed by atoms with Gasteiger partial charge in [-0.2, -0.15) is 0 Å². The van der Waals surface area contributed by atoms with Gasteiger partial charge in [0.05, 0.1) is 12.0 Å². The molecule has 1 N–H and O–H groups in total. The van der Waals surface area contributed by atoms with Crippen LogP contribution in [0.5, 0.6) is 0 Å². The quantitative estimate of drug-likeness (QED) is 0.757. The first-order chi connectivity index (χ1) is 6.66. The van der Waals surface area contributed by atoms with E-state index in [1.165, 1.54) is 0 Å². The van der Waals surface area contributed by atoms with Crippen molar-refractivity contribution >= 4 is 5.97 Å². The molecule has 1 aromatic heterocycles. The Balaban J connectivity index is 2.05. The van der Waals surface area contributed by atoms with E-state index < -0.39 is 12.1 Å². The molecule has 1 aliphatic rings. The van der Waals surface area contributed by atoms with Gasteiger partial charge in [0.1, 0.15) is 6.10 Å². The smallest absolute Gasteiger partial charge is 0.332 e. The molecule has 0 spiro atoms. The molecule has 1 aliphatic heterocycles. The highest BCUT2D eigenvalue weighted by Gasteiger charge is 2.32. The maximum atomic E-state index is 10.6. The Bertz CT molecular complexity index is 348. The van der Waals surface area contributed by atoms with E-state index in [1.807, 2.05) is 17.8 Å². The lowest BCUT2D eigenvalue weighted by molar-refractivity contribution is -0.149. The fraction of sp³-hybridized carbons (Fsp3) is 0.556.